The zero-order chi connectivity index (χ0) is 12.6. The Hall–Kier alpha value is -0.620. The van der Waals surface area contributed by atoms with E-state index in [9.17, 15) is 13.2 Å². The van der Waals surface area contributed by atoms with Crippen molar-refractivity contribution in [1.82, 2.24) is 10.2 Å². The van der Waals surface area contributed by atoms with Crippen LogP contribution in [0.25, 0.3) is 0 Å². The zero-order valence-corrected chi connectivity index (χ0v) is 11.2. The molecule has 2 rings (SSSR count). The van der Waals surface area contributed by atoms with E-state index in [1.54, 1.807) is 4.90 Å². The molecule has 17 heavy (non-hydrogen) atoms. The molecule has 0 spiro atoms. The molecular weight excluding hydrogens is 240 g/mol. The molecule has 0 radical (unpaired) electrons. The summed E-state index contributed by atoms with van der Waals surface area (Å²) < 4.78 is 23.4. The van der Waals surface area contributed by atoms with E-state index in [0.29, 0.717) is 13.0 Å². The van der Waals surface area contributed by atoms with Gasteiger partial charge in [-0.1, -0.05) is 6.92 Å². The normalized spacial score (nSPS) is 34.2. The summed E-state index contributed by atoms with van der Waals surface area (Å²) in [6.45, 7) is 4.60. The van der Waals surface area contributed by atoms with Crippen LogP contribution in [0, 0.1) is 0 Å². The summed E-state index contributed by atoms with van der Waals surface area (Å²) in [6.07, 6.45) is 1.33. The van der Waals surface area contributed by atoms with Crippen molar-refractivity contribution in [1.29, 1.82) is 0 Å². The van der Waals surface area contributed by atoms with Crippen LogP contribution in [0.4, 0.5) is 0 Å². The van der Waals surface area contributed by atoms with E-state index in [4.69, 9.17) is 0 Å². The third-order valence-electron chi connectivity index (χ3n) is 3.78. The van der Waals surface area contributed by atoms with E-state index in [2.05, 4.69) is 5.32 Å². The van der Waals surface area contributed by atoms with Gasteiger partial charge in [0.05, 0.1) is 17.5 Å². The number of carbonyl (C=O) groups is 1. The largest absolute Gasteiger partial charge is 0.334 e. The fourth-order valence-electron chi connectivity index (χ4n) is 2.75. The lowest BCUT2D eigenvalue weighted by Gasteiger charge is -2.34. The Kier molecular flexibility index (Phi) is 3.45. The van der Waals surface area contributed by atoms with Gasteiger partial charge in [-0.2, -0.15) is 0 Å². The van der Waals surface area contributed by atoms with Crippen LogP contribution in [0.5, 0.6) is 0 Å². The molecule has 3 atom stereocenters. The molecule has 0 aliphatic carbocycles. The van der Waals surface area contributed by atoms with Crippen molar-refractivity contribution in [3.63, 3.8) is 0 Å². The average molecular weight is 260 g/mol. The van der Waals surface area contributed by atoms with Gasteiger partial charge in [0, 0.05) is 25.0 Å². The van der Waals surface area contributed by atoms with Gasteiger partial charge in [-0.15, -0.1) is 0 Å². The highest BCUT2D eigenvalue weighted by Crippen LogP contribution is 2.24. The minimum Gasteiger partial charge on any atom is -0.334 e. The van der Waals surface area contributed by atoms with Gasteiger partial charge in [-0.25, -0.2) is 8.42 Å². The Morgan fingerprint density at radius 2 is 2.18 bits per heavy atom. The number of carbonyl (C=O) groups excluding carboxylic acids is 1. The minimum atomic E-state index is -3.00. The van der Waals surface area contributed by atoms with Crippen molar-refractivity contribution in [3.05, 3.63) is 0 Å². The number of amides is 1. The Morgan fingerprint density at radius 3 is 2.82 bits per heavy atom. The van der Waals surface area contributed by atoms with Crippen LogP contribution >= 0.6 is 0 Å². The highest BCUT2D eigenvalue weighted by Gasteiger charge is 2.44. The summed E-state index contributed by atoms with van der Waals surface area (Å²) in [6, 6.07) is -0.145. The molecule has 98 valence electrons. The highest BCUT2D eigenvalue weighted by molar-refractivity contribution is 7.91. The molecule has 6 heteroatoms. The highest BCUT2D eigenvalue weighted by atomic mass is 32.2. The molecule has 0 saturated carbocycles. The Bertz CT molecular complexity index is 407. The molecule has 2 fully saturated rings. The molecule has 1 amide bonds. The van der Waals surface area contributed by atoms with Crippen molar-refractivity contribution in [2.24, 2.45) is 0 Å². The fraction of sp³-hybridized carbons (Fsp3) is 0.909. The van der Waals surface area contributed by atoms with Gasteiger partial charge in [-0.05, 0) is 13.3 Å². The van der Waals surface area contributed by atoms with Crippen LogP contribution in [0.15, 0.2) is 0 Å². The first-order valence-electron chi connectivity index (χ1n) is 6.19. The van der Waals surface area contributed by atoms with E-state index in [1.165, 1.54) is 0 Å². The average Bonchev–Trinajstić information content (AvgIpc) is 2.46. The molecule has 2 aliphatic heterocycles. The second kappa shape index (κ2) is 4.57. The molecule has 5 nitrogen and oxygen atoms in total. The monoisotopic (exact) mass is 260 g/mol. The first kappa shape index (κ1) is 12.8. The predicted octanol–water partition coefficient (Wildman–Crippen LogP) is -0.228. The predicted molar refractivity (Wildman–Crippen MR) is 65.4 cm³/mol. The molecule has 0 bridgehead atoms. The van der Waals surface area contributed by atoms with Crippen LogP contribution in [0.3, 0.4) is 0 Å². The van der Waals surface area contributed by atoms with Gasteiger partial charge in [0.1, 0.15) is 0 Å². The van der Waals surface area contributed by atoms with Gasteiger partial charge in [0.25, 0.3) is 0 Å². The maximum absolute atomic E-state index is 12.1. The van der Waals surface area contributed by atoms with Crippen molar-refractivity contribution in [2.45, 2.75) is 44.8 Å². The van der Waals surface area contributed by atoms with Gasteiger partial charge >= 0.3 is 0 Å². The number of hydrogen-bond acceptors (Lipinski definition) is 4. The van der Waals surface area contributed by atoms with Crippen molar-refractivity contribution in [2.75, 3.05) is 18.1 Å². The van der Waals surface area contributed by atoms with Gasteiger partial charge in [0.15, 0.2) is 9.84 Å². The lowest BCUT2D eigenvalue weighted by molar-refractivity contribution is -0.134. The van der Waals surface area contributed by atoms with Crippen molar-refractivity contribution in [3.8, 4) is 0 Å². The fourth-order valence-corrected chi connectivity index (χ4v) is 4.68. The number of sulfone groups is 1. The Morgan fingerprint density at radius 1 is 1.47 bits per heavy atom. The van der Waals surface area contributed by atoms with Crippen LogP contribution in [-0.4, -0.2) is 55.4 Å². The SMILES string of the molecule is CCC(C)N1C(=O)CCNC2CS(=O)(=O)CC21. The number of nitrogens with one attached hydrogen (secondary N) is 1. The number of fused-ring (bicyclic) bond motifs is 1. The van der Waals surface area contributed by atoms with Gasteiger partial charge in [-0.3, -0.25) is 4.79 Å². The molecule has 3 unspecified atom stereocenters. The van der Waals surface area contributed by atoms with Crippen molar-refractivity contribution < 1.29 is 13.2 Å². The summed E-state index contributed by atoms with van der Waals surface area (Å²) in [5.41, 5.74) is 0. The molecule has 2 saturated heterocycles. The Balaban J connectivity index is 2.29. The summed E-state index contributed by atoms with van der Waals surface area (Å²) in [5.74, 6) is 0.356. The molecule has 1 N–H and O–H groups in total. The van der Waals surface area contributed by atoms with E-state index in [0.717, 1.165) is 6.42 Å². The van der Waals surface area contributed by atoms with Crippen LogP contribution in [-0.2, 0) is 14.6 Å². The van der Waals surface area contributed by atoms with Crippen LogP contribution < -0.4 is 5.32 Å². The van der Waals surface area contributed by atoms with E-state index in [-0.39, 0.29) is 35.5 Å². The van der Waals surface area contributed by atoms with E-state index in [1.807, 2.05) is 13.8 Å². The number of nitrogens with zero attached hydrogens (tertiary/aromatic N) is 1. The van der Waals surface area contributed by atoms with Gasteiger partial charge < -0.3 is 10.2 Å². The second-order valence-corrected chi connectivity index (χ2v) is 7.17. The molecule has 2 aliphatic rings. The van der Waals surface area contributed by atoms with Gasteiger partial charge in [0.2, 0.25) is 5.91 Å². The molecule has 0 aromatic heterocycles. The number of rotatable bonds is 2. The lowest BCUT2D eigenvalue weighted by Crippen LogP contribution is -2.51. The topological polar surface area (TPSA) is 66.5 Å². The van der Waals surface area contributed by atoms with E-state index >= 15 is 0 Å². The first-order valence-corrected chi connectivity index (χ1v) is 8.01. The van der Waals surface area contributed by atoms with Crippen molar-refractivity contribution >= 4 is 15.7 Å². The summed E-state index contributed by atoms with van der Waals surface area (Å²) >= 11 is 0. The minimum absolute atomic E-state index is 0.0800. The number of hydrogen-bond donors (Lipinski definition) is 1. The third kappa shape index (κ3) is 2.47. The maximum atomic E-state index is 12.1. The smallest absolute Gasteiger partial charge is 0.224 e. The molecule has 0 aromatic carbocycles. The standard InChI is InChI=1S/C11H20N2O3S/c1-3-8(2)13-10-7-17(15,16)6-9(10)12-5-4-11(13)14/h8-10,12H,3-7H2,1-2H3. The summed E-state index contributed by atoms with van der Waals surface area (Å²) in [4.78, 5) is 13.9. The zero-order valence-electron chi connectivity index (χ0n) is 10.3. The first-order chi connectivity index (χ1) is 7.94. The second-order valence-electron chi connectivity index (χ2n) is 5.01. The molecule has 0 aromatic rings. The van der Waals surface area contributed by atoms with Crippen LogP contribution in [0.2, 0.25) is 0 Å². The molecule has 2 heterocycles. The Labute approximate surface area is 102 Å². The lowest BCUT2D eigenvalue weighted by atomic mass is 10.1. The summed E-state index contributed by atoms with van der Waals surface area (Å²) in [5, 5.41) is 3.20. The quantitative estimate of drug-likeness (QED) is 0.745. The van der Waals surface area contributed by atoms with E-state index < -0.39 is 9.84 Å². The molecular formula is C11H20N2O3S. The third-order valence-corrected chi connectivity index (χ3v) is 5.50. The van der Waals surface area contributed by atoms with Crippen LogP contribution in [0.1, 0.15) is 26.7 Å². The maximum Gasteiger partial charge on any atom is 0.224 e. The summed E-state index contributed by atoms with van der Waals surface area (Å²) in [7, 11) is -3.00.